The molecule has 0 bridgehead atoms. The van der Waals surface area contributed by atoms with Crippen LogP contribution in [0.2, 0.25) is 0 Å². The number of benzene rings is 12. The highest BCUT2D eigenvalue weighted by atomic mass is 32.3. The summed E-state index contributed by atoms with van der Waals surface area (Å²) in [7, 11) is 13.7. The fourth-order valence-electron chi connectivity index (χ4n) is 14.0. The maximum absolute atomic E-state index is 6.01. The van der Waals surface area contributed by atoms with E-state index < -0.39 is 20.1 Å². The van der Waals surface area contributed by atoms with E-state index in [2.05, 4.69) is 352 Å². The van der Waals surface area contributed by atoms with Gasteiger partial charge >= 0.3 is 0 Å². The predicted molar refractivity (Wildman–Crippen MR) is 404 cm³/mol. The van der Waals surface area contributed by atoms with Crippen molar-refractivity contribution >= 4 is 148 Å². The number of fused-ring (bicyclic) bond motifs is 3. The molecule has 0 aliphatic heterocycles. The second kappa shape index (κ2) is 24.2. The molecule has 4 nitrogen and oxygen atoms in total. The summed E-state index contributed by atoms with van der Waals surface area (Å²) in [4.78, 5) is 27.4. The standard InChI is InChI=1S/C76H64B8N4S2/c77-64-62-63-65(78)67(80)69(82)71(84)73(63)88(72(62)70(83)68(81)66(64)79)76-86-74(51-31-25-30-50(44-51)61(48-26-9-1-10-27-48)49-28-11-2-12-29-49)85-75(87-76)52-45-59(89(53-32-13-3-14-33-53,54-34-15-4-16-35-54)55-36-17-5-18-37-55)47-60(46-52)90(56-38-19-6-20-39-56,57-40-21-7-22-41-57)58-42-23-8-24-43-58/h1-47,61H,77-84H2. The van der Waals surface area contributed by atoms with Gasteiger partial charge < -0.3 is 0 Å². The molecule has 0 saturated heterocycles. The van der Waals surface area contributed by atoms with Crippen LogP contribution in [0.15, 0.2) is 324 Å². The molecule has 0 fully saturated rings. The summed E-state index contributed by atoms with van der Waals surface area (Å²) >= 11 is 0. The van der Waals surface area contributed by atoms with E-state index in [-0.39, 0.29) is 5.92 Å². The summed E-state index contributed by atoms with van der Waals surface area (Å²) in [5.74, 6) is 1.71. The largest absolute Gasteiger partial charge is 0.279 e. The molecule has 14 aromatic rings. The third-order valence-corrected chi connectivity index (χ3v) is 26.8. The first-order valence-electron chi connectivity index (χ1n) is 31.1. The number of aromatic nitrogens is 4. The van der Waals surface area contributed by atoms with Gasteiger partial charge in [-0.3, -0.25) is 4.57 Å². The number of nitrogens with zero attached hydrogens (tertiary/aromatic N) is 4. The Hall–Kier alpha value is -9.33. The van der Waals surface area contributed by atoms with Crippen molar-refractivity contribution in [1.29, 1.82) is 0 Å². The Kier molecular flexibility index (Phi) is 15.7. The molecule has 0 aliphatic rings. The van der Waals surface area contributed by atoms with Crippen molar-refractivity contribution in [2.45, 2.75) is 45.1 Å². The summed E-state index contributed by atoms with van der Waals surface area (Å²) in [6.07, 6.45) is 0. The van der Waals surface area contributed by atoms with Gasteiger partial charge in [-0.1, -0.05) is 221 Å². The van der Waals surface area contributed by atoms with Crippen LogP contribution in [0.4, 0.5) is 0 Å². The zero-order chi connectivity index (χ0) is 61.7. The van der Waals surface area contributed by atoms with E-state index in [1.807, 2.05) is 0 Å². The normalized spacial score (nSPS) is 12.1. The Morgan fingerprint density at radius 1 is 0.256 bits per heavy atom. The smallest absolute Gasteiger partial charge is 0.238 e. The van der Waals surface area contributed by atoms with Crippen LogP contribution < -0.4 is 43.7 Å². The van der Waals surface area contributed by atoms with Gasteiger partial charge in [-0.25, -0.2) is 4.98 Å². The van der Waals surface area contributed by atoms with Crippen LogP contribution in [0.1, 0.15) is 22.6 Å². The SMILES string of the molecule is Bc1c(B)c(B)c2c(c1B)c1c(B)c(B)c(B)c(B)c1n2-c1nc(-c2cccc(C(c3ccccc3)c3ccccc3)c2)nc(-c2cc(S(c3ccccc3)(c3ccccc3)c3ccccc3)cc(S(c3ccccc3)(c3ccccc3)c3ccccc3)c2)n1. The van der Waals surface area contributed by atoms with Gasteiger partial charge in [-0.15, -0.1) is 31.0 Å². The van der Waals surface area contributed by atoms with E-state index in [0.717, 1.165) is 27.7 Å². The predicted octanol–water partition coefficient (Wildman–Crippen LogP) is 6.23. The fraction of sp³-hybridized carbons (Fsp3) is 0.0132. The highest BCUT2D eigenvalue weighted by Gasteiger charge is 2.39. The van der Waals surface area contributed by atoms with Crippen molar-refractivity contribution in [2.24, 2.45) is 0 Å². The van der Waals surface area contributed by atoms with Crippen LogP contribution in [0.25, 0.3) is 50.5 Å². The Morgan fingerprint density at radius 2 is 0.556 bits per heavy atom. The molecule has 0 N–H and O–H groups in total. The van der Waals surface area contributed by atoms with Gasteiger partial charge in [-0.05, 0) is 125 Å². The first-order valence-corrected chi connectivity index (χ1v) is 34.4. The van der Waals surface area contributed by atoms with Crippen LogP contribution in [0, 0.1) is 0 Å². The quantitative estimate of drug-likeness (QED) is 0.0960. The maximum Gasteiger partial charge on any atom is 0.238 e. The van der Waals surface area contributed by atoms with Gasteiger partial charge in [0, 0.05) is 67.2 Å². The topological polar surface area (TPSA) is 43.6 Å². The van der Waals surface area contributed by atoms with Crippen LogP contribution in [0.3, 0.4) is 0 Å². The monoisotopic (exact) mass is 1180 g/mol. The molecule has 2 heterocycles. The molecule has 0 radical (unpaired) electrons. The molecule has 424 valence electrons. The van der Waals surface area contributed by atoms with Crippen molar-refractivity contribution < 1.29 is 0 Å². The molecular formula is C76H64B8N4S2. The minimum atomic E-state index is -2.31. The van der Waals surface area contributed by atoms with Gasteiger partial charge in [0.1, 0.15) is 62.8 Å². The second-order valence-electron chi connectivity index (χ2n) is 23.7. The van der Waals surface area contributed by atoms with Crippen LogP contribution in [0.5, 0.6) is 0 Å². The molecule has 0 aliphatic carbocycles. The van der Waals surface area contributed by atoms with E-state index in [0.29, 0.717) is 17.6 Å². The molecule has 0 spiro atoms. The summed E-state index contributed by atoms with van der Waals surface area (Å²) in [5, 5.41) is 2.50. The maximum atomic E-state index is 6.01. The van der Waals surface area contributed by atoms with E-state index in [1.165, 1.54) is 105 Å². The summed E-state index contributed by atoms with van der Waals surface area (Å²) in [6.45, 7) is 0. The van der Waals surface area contributed by atoms with Gasteiger partial charge in [0.05, 0.1) is 0 Å². The third kappa shape index (κ3) is 9.75. The summed E-state index contributed by atoms with van der Waals surface area (Å²) in [6, 6.07) is 105. The van der Waals surface area contributed by atoms with Gasteiger partial charge in [0.25, 0.3) is 0 Å². The average Bonchev–Trinajstić information content (AvgIpc) is 1.68. The van der Waals surface area contributed by atoms with Crippen molar-refractivity contribution in [1.82, 2.24) is 19.5 Å². The molecule has 0 unspecified atom stereocenters. The van der Waals surface area contributed by atoms with Crippen LogP contribution >= 0.6 is 20.1 Å². The van der Waals surface area contributed by atoms with Gasteiger partial charge in [-0.2, -0.15) is 9.97 Å². The lowest BCUT2D eigenvalue weighted by Crippen LogP contribution is -2.49. The Balaban J connectivity index is 1.17. The molecule has 0 atom stereocenters. The van der Waals surface area contributed by atoms with Crippen LogP contribution in [-0.4, -0.2) is 82.3 Å². The number of rotatable bonds is 14. The van der Waals surface area contributed by atoms with Gasteiger partial charge in [0.15, 0.2) is 11.6 Å². The molecule has 14 heteroatoms. The Bertz CT molecular complexity index is 4520. The minimum Gasteiger partial charge on any atom is -0.279 e. The van der Waals surface area contributed by atoms with Crippen molar-refractivity contribution in [3.63, 3.8) is 0 Å². The Morgan fingerprint density at radius 3 is 0.900 bits per heavy atom. The van der Waals surface area contributed by atoms with E-state index in [9.17, 15) is 0 Å². The first-order chi connectivity index (χ1) is 44.0. The summed E-state index contributed by atoms with van der Waals surface area (Å²) in [5.41, 5.74) is 17.8. The van der Waals surface area contributed by atoms with E-state index in [1.54, 1.807) is 0 Å². The zero-order valence-electron chi connectivity index (χ0n) is 52.3. The molecule has 0 saturated carbocycles. The lowest BCUT2D eigenvalue weighted by Gasteiger charge is -2.45. The Labute approximate surface area is 539 Å². The molecular weight excluding hydrogens is 1120 g/mol. The lowest BCUT2D eigenvalue weighted by atomic mass is 9.63. The number of hydrogen-bond donors (Lipinski definition) is 0. The minimum absolute atomic E-state index is 0.0477. The van der Waals surface area contributed by atoms with Gasteiger partial charge in [0.2, 0.25) is 5.95 Å². The first kappa shape index (κ1) is 58.4. The third-order valence-electron chi connectivity index (χ3n) is 19.0. The molecule has 12 aromatic carbocycles. The van der Waals surface area contributed by atoms with Crippen molar-refractivity contribution in [2.75, 3.05) is 0 Å². The summed E-state index contributed by atoms with van der Waals surface area (Å²) < 4.78 is 2.41. The molecule has 90 heavy (non-hydrogen) atoms. The second-order valence-corrected chi connectivity index (χ2v) is 30.0. The lowest BCUT2D eigenvalue weighted by molar-refractivity contribution is 0.950. The van der Waals surface area contributed by atoms with E-state index in [4.69, 9.17) is 15.0 Å². The molecule has 2 aromatic heterocycles. The highest BCUT2D eigenvalue weighted by Crippen LogP contribution is 2.78. The molecule has 0 amide bonds. The average molecular weight is 1180 g/mol. The fourth-order valence-corrected chi connectivity index (χ4v) is 21.9. The highest BCUT2D eigenvalue weighted by molar-refractivity contribution is 8.34. The zero-order valence-corrected chi connectivity index (χ0v) is 54.0. The van der Waals surface area contributed by atoms with Crippen molar-refractivity contribution in [3.05, 3.63) is 302 Å². The molecule has 14 rings (SSSR count). The number of hydrogen-bond acceptors (Lipinski definition) is 3. The van der Waals surface area contributed by atoms with Crippen LogP contribution in [-0.2, 0) is 0 Å². The van der Waals surface area contributed by atoms with Crippen molar-refractivity contribution in [3.8, 4) is 28.7 Å². The van der Waals surface area contributed by atoms with E-state index >= 15 is 0 Å².